The number of anilines is 1. The molecule has 0 spiro atoms. The highest BCUT2D eigenvalue weighted by Gasteiger charge is 2.24. The third-order valence-electron chi connectivity index (χ3n) is 4.18. The fourth-order valence-corrected chi connectivity index (χ4v) is 4.05. The van der Waals surface area contributed by atoms with E-state index in [4.69, 9.17) is 11.6 Å². The highest BCUT2D eigenvalue weighted by Crippen LogP contribution is 2.33. The Hall–Kier alpha value is -2.83. The number of benzene rings is 3. The van der Waals surface area contributed by atoms with Crippen LogP contribution in [0.25, 0.3) is 10.2 Å². The van der Waals surface area contributed by atoms with Gasteiger partial charge >= 0.3 is 0 Å². The van der Waals surface area contributed by atoms with Crippen LogP contribution >= 0.6 is 22.9 Å². The van der Waals surface area contributed by atoms with Crippen LogP contribution in [0.4, 0.5) is 13.9 Å². The van der Waals surface area contributed by atoms with E-state index in [2.05, 4.69) is 4.98 Å². The van der Waals surface area contributed by atoms with Gasteiger partial charge in [-0.15, -0.1) is 0 Å². The summed E-state index contributed by atoms with van der Waals surface area (Å²) < 4.78 is 28.1. The average Bonchev–Trinajstić information content (AvgIpc) is 3.12. The standard InChI is InChI=1S/C21H13ClF2N2OS/c22-16-11-14(23)9-10-15(16)20(27)26(12-13-5-2-1-3-6-13)21-25-19-17(24)7-4-8-18(19)28-21/h1-11H,12H2. The van der Waals surface area contributed by atoms with Crippen molar-refractivity contribution in [3.05, 3.63) is 94.5 Å². The minimum Gasteiger partial charge on any atom is -0.279 e. The molecule has 0 aliphatic heterocycles. The van der Waals surface area contributed by atoms with Gasteiger partial charge in [0.05, 0.1) is 21.8 Å². The first-order chi connectivity index (χ1) is 13.5. The maximum Gasteiger partial charge on any atom is 0.261 e. The molecule has 4 aromatic rings. The highest BCUT2D eigenvalue weighted by molar-refractivity contribution is 7.22. The summed E-state index contributed by atoms with van der Waals surface area (Å²) >= 11 is 7.31. The van der Waals surface area contributed by atoms with Gasteiger partial charge < -0.3 is 0 Å². The van der Waals surface area contributed by atoms with Crippen LogP contribution in [0.1, 0.15) is 15.9 Å². The van der Waals surface area contributed by atoms with E-state index in [-0.39, 0.29) is 22.6 Å². The van der Waals surface area contributed by atoms with Gasteiger partial charge in [-0.25, -0.2) is 13.8 Å². The van der Waals surface area contributed by atoms with Gasteiger partial charge in [-0.05, 0) is 35.9 Å². The number of amides is 1. The lowest BCUT2D eigenvalue weighted by Crippen LogP contribution is -2.30. The molecule has 0 radical (unpaired) electrons. The third kappa shape index (κ3) is 3.61. The number of hydrogen-bond acceptors (Lipinski definition) is 3. The van der Waals surface area contributed by atoms with E-state index in [9.17, 15) is 13.6 Å². The Balaban J connectivity index is 1.80. The quantitative estimate of drug-likeness (QED) is 0.405. The van der Waals surface area contributed by atoms with Gasteiger partial charge in [0.15, 0.2) is 5.13 Å². The summed E-state index contributed by atoms with van der Waals surface area (Å²) in [5.41, 5.74) is 1.23. The van der Waals surface area contributed by atoms with Crippen molar-refractivity contribution >= 4 is 44.2 Å². The zero-order valence-corrected chi connectivity index (χ0v) is 16.0. The first-order valence-corrected chi connectivity index (χ1v) is 9.58. The molecule has 3 aromatic carbocycles. The number of para-hydroxylation sites is 1. The van der Waals surface area contributed by atoms with Gasteiger partial charge in [0.1, 0.15) is 17.2 Å². The van der Waals surface area contributed by atoms with Gasteiger partial charge in [0, 0.05) is 0 Å². The maximum absolute atomic E-state index is 14.1. The van der Waals surface area contributed by atoms with Crippen LogP contribution in [0.15, 0.2) is 66.7 Å². The van der Waals surface area contributed by atoms with Crippen molar-refractivity contribution in [3.63, 3.8) is 0 Å². The molecule has 0 bridgehead atoms. The first kappa shape index (κ1) is 18.5. The van der Waals surface area contributed by atoms with Crippen molar-refractivity contribution in [1.82, 2.24) is 4.98 Å². The Morgan fingerprint density at radius 3 is 2.54 bits per heavy atom. The van der Waals surface area contributed by atoms with Crippen molar-refractivity contribution < 1.29 is 13.6 Å². The van der Waals surface area contributed by atoms with Gasteiger partial charge in [-0.2, -0.15) is 0 Å². The van der Waals surface area contributed by atoms with Gasteiger partial charge in [0.2, 0.25) is 0 Å². The van der Waals surface area contributed by atoms with Crippen LogP contribution in [-0.2, 0) is 6.54 Å². The van der Waals surface area contributed by atoms with Crippen LogP contribution in [-0.4, -0.2) is 10.9 Å². The lowest BCUT2D eigenvalue weighted by atomic mass is 10.1. The van der Waals surface area contributed by atoms with Crippen molar-refractivity contribution in [2.75, 3.05) is 4.90 Å². The van der Waals surface area contributed by atoms with E-state index in [0.29, 0.717) is 9.83 Å². The van der Waals surface area contributed by atoms with Crippen molar-refractivity contribution in [2.45, 2.75) is 6.54 Å². The number of rotatable bonds is 4. The average molecular weight is 415 g/mol. The Bertz CT molecular complexity index is 1160. The number of fused-ring (bicyclic) bond motifs is 1. The molecule has 28 heavy (non-hydrogen) atoms. The second-order valence-corrected chi connectivity index (χ2v) is 7.50. The molecule has 1 amide bonds. The fourth-order valence-electron chi connectivity index (χ4n) is 2.82. The molecule has 0 saturated heterocycles. The number of nitrogens with zero attached hydrogens (tertiary/aromatic N) is 2. The minimum atomic E-state index is -0.529. The van der Waals surface area contributed by atoms with Crippen LogP contribution < -0.4 is 4.90 Å². The molecule has 0 atom stereocenters. The second kappa shape index (κ2) is 7.66. The number of carbonyl (C=O) groups excluding carboxylic acids is 1. The van der Waals surface area contributed by atoms with E-state index in [1.54, 1.807) is 12.1 Å². The maximum atomic E-state index is 14.1. The predicted molar refractivity (Wildman–Crippen MR) is 108 cm³/mol. The lowest BCUT2D eigenvalue weighted by Gasteiger charge is -2.20. The summed E-state index contributed by atoms with van der Waals surface area (Å²) in [6.07, 6.45) is 0. The third-order valence-corrected chi connectivity index (χ3v) is 5.54. The zero-order valence-electron chi connectivity index (χ0n) is 14.4. The normalized spacial score (nSPS) is 11.0. The van der Waals surface area contributed by atoms with Crippen LogP contribution in [0, 0.1) is 11.6 Å². The number of thiazole rings is 1. The SMILES string of the molecule is O=C(c1ccc(F)cc1Cl)N(Cc1ccccc1)c1nc2c(F)cccc2s1. The summed E-state index contributed by atoms with van der Waals surface area (Å²) in [5, 5.41) is 0.352. The van der Waals surface area contributed by atoms with E-state index >= 15 is 0 Å². The molecule has 0 aliphatic carbocycles. The molecule has 0 saturated carbocycles. The summed E-state index contributed by atoms with van der Waals surface area (Å²) in [6.45, 7) is 0.217. The molecule has 0 fully saturated rings. The predicted octanol–water partition coefficient (Wildman–Crippen LogP) is 6.07. The molecule has 0 N–H and O–H groups in total. The Kier molecular flexibility index (Phi) is 5.07. The molecule has 140 valence electrons. The summed E-state index contributed by atoms with van der Waals surface area (Å²) in [6, 6.07) is 17.6. The molecule has 3 nitrogen and oxygen atoms in total. The molecule has 0 unspecified atom stereocenters. The number of hydrogen-bond donors (Lipinski definition) is 0. The van der Waals surface area contributed by atoms with E-state index in [0.717, 1.165) is 11.6 Å². The second-order valence-electron chi connectivity index (χ2n) is 6.08. The molecule has 7 heteroatoms. The minimum absolute atomic E-state index is 0.00959. The number of carbonyl (C=O) groups is 1. The van der Waals surface area contributed by atoms with Crippen molar-refractivity contribution in [2.24, 2.45) is 0 Å². The van der Waals surface area contributed by atoms with Crippen LogP contribution in [0.2, 0.25) is 5.02 Å². The Morgan fingerprint density at radius 1 is 1.04 bits per heavy atom. The number of halogens is 3. The lowest BCUT2D eigenvalue weighted by molar-refractivity contribution is 0.0985. The first-order valence-electron chi connectivity index (χ1n) is 8.39. The molecular weight excluding hydrogens is 402 g/mol. The van der Waals surface area contributed by atoms with E-state index in [1.807, 2.05) is 30.3 Å². The van der Waals surface area contributed by atoms with E-state index in [1.165, 1.54) is 34.4 Å². The monoisotopic (exact) mass is 414 g/mol. The van der Waals surface area contributed by atoms with Crippen LogP contribution in [0.5, 0.6) is 0 Å². The zero-order chi connectivity index (χ0) is 19.7. The Morgan fingerprint density at radius 2 is 1.82 bits per heavy atom. The van der Waals surface area contributed by atoms with Crippen molar-refractivity contribution in [3.8, 4) is 0 Å². The van der Waals surface area contributed by atoms with Crippen LogP contribution in [0.3, 0.4) is 0 Å². The molecule has 0 aliphatic rings. The van der Waals surface area contributed by atoms with Crippen molar-refractivity contribution in [1.29, 1.82) is 0 Å². The largest absolute Gasteiger partial charge is 0.279 e. The number of aromatic nitrogens is 1. The molecule has 1 heterocycles. The van der Waals surface area contributed by atoms with E-state index < -0.39 is 17.5 Å². The highest BCUT2D eigenvalue weighted by atomic mass is 35.5. The fraction of sp³-hybridized carbons (Fsp3) is 0.0476. The summed E-state index contributed by atoms with van der Waals surface area (Å²) in [5.74, 6) is -1.42. The summed E-state index contributed by atoms with van der Waals surface area (Å²) in [7, 11) is 0. The molecular formula is C21H13ClF2N2OS. The topological polar surface area (TPSA) is 33.2 Å². The van der Waals surface area contributed by atoms with Gasteiger partial charge in [0.25, 0.3) is 5.91 Å². The molecule has 4 rings (SSSR count). The van der Waals surface area contributed by atoms with Gasteiger partial charge in [-0.1, -0.05) is 59.3 Å². The smallest absolute Gasteiger partial charge is 0.261 e. The van der Waals surface area contributed by atoms with Gasteiger partial charge in [-0.3, -0.25) is 9.69 Å². The molecule has 1 aromatic heterocycles. The summed E-state index contributed by atoms with van der Waals surface area (Å²) in [4.78, 5) is 19.0. The Labute approximate surface area is 168 Å².